The predicted octanol–water partition coefficient (Wildman–Crippen LogP) is 1.01. The summed E-state index contributed by atoms with van der Waals surface area (Å²) in [6, 6.07) is 2.25. The molecule has 68 valence electrons. The SMILES string of the molecule is CC(C#N)N1CCOCC1(C)C. The van der Waals surface area contributed by atoms with Crippen molar-refractivity contribution in [1.29, 1.82) is 5.26 Å². The van der Waals surface area contributed by atoms with Crippen LogP contribution in [-0.2, 0) is 4.74 Å². The summed E-state index contributed by atoms with van der Waals surface area (Å²) in [5.74, 6) is 0. The zero-order chi connectivity index (χ0) is 9.19. The predicted molar refractivity (Wildman–Crippen MR) is 46.7 cm³/mol. The van der Waals surface area contributed by atoms with E-state index in [4.69, 9.17) is 10.00 Å². The lowest BCUT2D eigenvalue weighted by atomic mass is 10.0. The minimum absolute atomic E-state index is 0.00734. The Bertz CT molecular complexity index is 195. The zero-order valence-electron chi connectivity index (χ0n) is 8.00. The van der Waals surface area contributed by atoms with Gasteiger partial charge in [0.05, 0.1) is 25.3 Å². The van der Waals surface area contributed by atoms with Crippen molar-refractivity contribution >= 4 is 0 Å². The van der Waals surface area contributed by atoms with E-state index >= 15 is 0 Å². The molecular weight excluding hydrogens is 152 g/mol. The first-order valence-electron chi connectivity index (χ1n) is 4.32. The van der Waals surface area contributed by atoms with Crippen LogP contribution in [0.15, 0.2) is 0 Å². The number of morpholine rings is 1. The second-order valence-electron chi connectivity index (χ2n) is 3.86. The Morgan fingerprint density at radius 1 is 1.58 bits per heavy atom. The molecule has 0 aromatic heterocycles. The highest BCUT2D eigenvalue weighted by atomic mass is 16.5. The highest BCUT2D eigenvalue weighted by molar-refractivity contribution is 4.96. The van der Waals surface area contributed by atoms with Crippen molar-refractivity contribution in [3.63, 3.8) is 0 Å². The van der Waals surface area contributed by atoms with Crippen molar-refractivity contribution in [2.24, 2.45) is 0 Å². The normalized spacial score (nSPS) is 26.2. The molecule has 1 atom stereocenters. The number of hydrogen-bond donors (Lipinski definition) is 0. The molecule has 12 heavy (non-hydrogen) atoms. The molecule has 1 unspecified atom stereocenters. The third-order valence-corrected chi connectivity index (χ3v) is 2.36. The van der Waals surface area contributed by atoms with Gasteiger partial charge in [0.25, 0.3) is 0 Å². The van der Waals surface area contributed by atoms with E-state index in [-0.39, 0.29) is 11.6 Å². The van der Waals surface area contributed by atoms with Crippen molar-refractivity contribution < 1.29 is 4.74 Å². The number of rotatable bonds is 1. The van der Waals surface area contributed by atoms with Crippen LogP contribution in [-0.4, -0.2) is 36.2 Å². The molecule has 0 bridgehead atoms. The molecule has 0 aromatic rings. The van der Waals surface area contributed by atoms with Crippen LogP contribution in [0, 0.1) is 11.3 Å². The Hall–Kier alpha value is -0.590. The van der Waals surface area contributed by atoms with Crippen LogP contribution in [0.4, 0.5) is 0 Å². The molecule has 1 rings (SSSR count). The highest BCUT2D eigenvalue weighted by Crippen LogP contribution is 2.21. The van der Waals surface area contributed by atoms with Crippen LogP contribution >= 0.6 is 0 Å². The van der Waals surface area contributed by atoms with Crippen LogP contribution in [0.1, 0.15) is 20.8 Å². The third-order valence-electron chi connectivity index (χ3n) is 2.36. The van der Waals surface area contributed by atoms with E-state index in [0.29, 0.717) is 0 Å². The molecule has 0 radical (unpaired) electrons. The van der Waals surface area contributed by atoms with E-state index in [9.17, 15) is 0 Å². The van der Waals surface area contributed by atoms with Crippen LogP contribution in [0.2, 0.25) is 0 Å². The number of nitriles is 1. The lowest BCUT2D eigenvalue weighted by molar-refractivity contribution is -0.0593. The molecule has 0 spiro atoms. The maximum absolute atomic E-state index is 8.79. The second-order valence-corrected chi connectivity index (χ2v) is 3.86. The quantitative estimate of drug-likeness (QED) is 0.586. The molecule has 1 aliphatic heterocycles. The Labute approximate surface area is 73.9 Å². The minimum atomic E-state index is -0.0103. The van der Waals surface area contributed by atoms with Gasteiger partial charge in [0.1, 0.15) is 0 Å². The second kappa shape index (κ2) is 3.42. The van der Waals surface area contributed by atoms with Crippen molar-refractivity contribution in [3.05, 3.63) is 0 Å². The molecule has 0 aliphatic carbocycles. The van der Waals surface area contributed by atoms with Gasteiger partial charge in [-0.2, -0.15) is 5.26 Å². The summed E-state index contributed by atoms with van der Waals surface area (Å²) >= 11 is 0. The lowest BCUT2D eigenvalue weighted by Gasteiger charge is -2.43. The lowest BCUT2D eigenvalue weighted by Crippen LogP contribution is -2.56. The maximum Gasteiger partial charge on any atom is 0.0955 e. The first-order valence-corrected chi connectivity index (χ1v) is 4.32. The fraction of sp³-hybridized carbons (Fsp3) is 0.889. The monoisotopic (exact) mass is 168 g/mol. The molecule has 0 saturated carbocycles. The van der Waals surface area contributed by atoms with E-state index in [0.717, 1.165) is 19.8 Å². The van der Waals surface area contributed by atoms with Gasteiger partial charge in [0, 0.05) is 12.1 Å². The van der Waals surface area contributed by atoms with Crippen LogP contribution in [0.3, 0.4) is 0 Å². The van der Waals surface area contributed by atoms with Crippen LogP contribution in [0.5, 0.6) is 0 Å². The average Bonchev–Trinajstić information content (AvgIpc) is 2.02. The fourth-order valence-electron chi connectivity index (χ4n) is 1.66. The van der Waals surface area contributed by atoms with Crippen LogP contribution in [0.25, 0.3) is 0 Å². The van der Waals surface area contributed by atoms with Crippen molar-refractivity contribution in [2.45, 2.75) is 32.4 Å². The summed E-state index contributed by atoms with van der Waals surface area (Å²) in [6.45, 7) is 8.49. The van der Waals surface area contributed by atoms with E-state index in [2.05, 4.69) is 24.8 Å². The van der Waals surface area contributed by atoms with Gasteiger partial charge in [-0.15, -0.1) is 0 Å². The van der Waals surface area contributed by atoms with Crippen LogP contribution < -0.4 is 0 Å². The molecule has 3 heteroatoms. The standard InChI is InChI=1S/C9H16N2O/c1-8(6-10)11-4-5-12-7-9(11,2)3/h8H,4-5,7H2,1-3H3. The number of ether oxygens (including phenoxy) is 1. The summed E-state index contributed by atoms with van der Waals surface area (Å²) in [4.78, 5) is 2.19. The maximum atomic E-state index is 8.79. The Balaban J connectivity index is 2.67. The Kier molecular flexibility index (Phi) is 2.71. The molecule has 1 heterocycles. The Morgan fingerprint density at radius 3 is 2.75 bits per heavy atom. The first-order chi connectivity index (χ1) is 5.58. The van der Waals surface area contributed by atoms with Gasteiger partial charge in [-0.1, -0.05) is 0 Å². The topological polar surface area (TPSA) is 36.3 Å². The Morgan fingerprint density at radius 2 is 2.25 bits per heavy atom. The molecule has 3 nitrogen and oxygen atoms in total. The first kappa shape index (κ1) is 9.50. The van der Waals surface area contributed by atoms with E-state index in [1.54, 1.807) is 0 Å². The van der Waals surface area contributed by atoms with E-state index < -0.39 is 0 Å². The minimum Gasteiger partial charge on any atom is -0.378 e. The molecular formula is C9H16N2O. The van der Waals surface area contributed by atoms with E-state index in [1.165, 1.54) is 0 Å². The van der Waals surface area contributed by atoms with Crippen molar-refractivity contribution in [1.82, 2.24) is 4.90 Å². The molecule has 0 N–H and O–H groups in total. The third kappa shape index (κ3) is 1.77. The average molecular weight is 168 g/mol. The summed E-state index contributed by atoms with van der Waals surface area (Å²) < 4.78 is 5.36. The van der Waals surface area contributed by atoms with Crippen molar-refractivity contribution in [3.8, 4) is 6.07 Å². The number of hydrogen-bond acceptors (Lipinski definition) is 3. The molecule has 1 fully saturated rings. The summed E-state index contributed by atoms with van der Waals surface area (Å²) in [5.41, 5.74) is 0.00734. The zero-order valence-corrected chi connectivity index (χ0v) is 8.00. The largest absolute Gasteiger partial charge is 0.378 e. The van der Waals surface area contributed by atoms with Gasteiger partial charge in [-0.3, -0.25) is 4.90 Å². The fourth-order valence-corrected chi connectivity index (χ4v) is 1.66. The van der Waals surface area contributed by atoms with Gasteiger partial charge >= 0.3 is 0 Å². The molecule has 1 saturated heterocycles. The van der Waals surface area contributed by atoms with E-state index in [1.807, 2.05) is 6.92 Å². The smallest absolute Gasteiger partial charge is 0.0955 e. The van der Waals surface area contributed by atoms with Gasteiger partial charge in [-0.25, -0.2) is 0 Å². The van der Waals surface area contributed by atoms with Gasteiger partial charge in [0.2, 0.25) is 0 Å². The summed E-state index contributed by atoms with van der Waals surface area (Å²) in [7, 11) is 0. The van der Waals surface area contributed by atoms with Gasteiger partial charge < -0.3 is 4.74 Å². The van der Waals surface area contributed by atoms with Crippen molar-refractivity contribution in [2.75, 3.05) is 19.8 Å². The van der Waals surface area contributed by atoms with Gasteiger partial charge in [0.15, 0.2) is 0 Å². The summed E-state index contributed by atoms with van der Waals surface area (Å²) in [5, 5.41) is 8.79. The molecule has 0 amide bonds. The highest BCUT2D eigenvalue weighted by Gasteiger charge is 2.33. The van der Waals surface area contributed by atoms with Gasteiger partial charge in [-0.05, 0) is 20.8 Å². The number of nitrogens with zero attached hydrogens (tertiary/aromatic N) is 2. The molecule has 0 aromatic carbocycles. The summed E-state index contributed by atoms with van der Waals surface area (Å²) in [6.07, 6.45) is 0. The molecule has 1 aliphatic rings.